The van der Waals surface area contributed by atoms with Crippen molar-refractivity contribution in [1.82, 2.24) is 10.2 Å². The van der Waals surface area contributed by atoms with Gasteiger partial charge in [0.15, 0.2) is 0 Å². The lowest BCUT2D eigenvalue weighted by Crippen LogP contribution is -2.43. The van der Waals surface area contributed by atoms with Gasteiger partial charge < -0.3 is 10.2 Å². The fourth-order valence-corrected chi connectivity index (χ4v) is 3.89. The average molecular weight is 304 g/mol. The molecule has 1 aromatic rings. The molecule has 4 nitrogen and oxygen atoms in total. The Balaban J connectivity index is 1.55. The molecule has 1 N–H and O–H groups in total. The summed E-state index contributed by atoms with van der Waals surface area (Å²) in [4.78, 5) is 27.9. The van der Waals surface area contributed by atoms with Gasteiger partial charge in [-0.05, 0) is 43.4 Å². The molecule has 2 aliphatic heterocycles. The lowest BCUT2D eigenvalue weighted by atomic mass is 9.77. The standard InChI is InChI=1S/C16H20N2O2S/c1-12-2-3-13(21-12)4-5-15(20)18-8-6-16(7-9-18)10-14(19)17-11-16/h2-5H,6-11H2,1H3,(H,17,19). The van der Waals surface area contributed by atoms with Crippen LogP contribution in [0.5, 0.6) is 0 Å². The molecule has 0 radical (unpaired) electrons. The van der Waals surface area contributed by atoms with Gasteiger partial charge in [0.25, 0.3) is 0 Å². The van der Waals surface area contributed by atoms with Crippen molar-refractivity contribution in [2.24, 2.45) is 5.41 Å². The molecule has 0 atom stereocenters. The van der Waals surface area contributed by atoms with Gasteiger partial charge in [0.2, 0.25) is 11.8 Å². The van der Waals surface area contributed by atoms with E-state index in [1.165, 1.54) is 4.88 Å². The summed E-state index contributed by atoms with van der Waals surface area (Å²) in [6, 6.07) is 4.09. The maximum absolute atomic E-state index is 12.2. The first-order chi connectivity index (χ1) is 10.1. The summed E-state index contributed by atoms with van der Waals surface area (Å²) in [5.74, 6) is 0.232. The Labute approximate surface area is 128 Å². The number of thiophene rings is 1. The van der Waals surface area contributed by atoms with Gasteiger partial charge in [-0.3, -0.25) is 9.59 Å². The molecular formula is C16H20N2O2S. The number of piperidine rings is 1. The SMILES string of the molecule is Cc1ccc(C=CC(=O)N2CCC3(CC2)CNC(=O)C3)s1. The van der Waals surface area contributed by atoms with Crippen LogP contribution in [-0.2, 0) is 9.59 Å². The highest BCUT2D eigenvalue weighted by molar-refractivity contribution is 7.12. The molecule has 3 rings (SSSR count). The van der Waals surface area contributed by atoms with Crippen LogP contribution in [0.3, 0.4) is 0 Å². The van der Waals surface area contributed by atoms with Gasteiger partial charge in [-0.2, -0.15) is 0 Å². The van der Waals surface area contributed by atoms with Gasteiger partial charge in [-0.15, -0.1) is 11.3 Å². The maximum Gasteiger partial charge on any atom is 0.246 e. The smallest absolute Gasteiger partial charge is 0.246 e. The molecule has 112 valence electrons. The summed E-state index contributed by atoms with van der Waals surface area (Å²) in [5.41, 5.74) is 0.0996. The van der Waals surface area contributed by atoms with Crippen molar-refractivity contribution in [2.45, 2.75) is 26.2 Å². The first kappa shape index (κ1) is 14.3. The van der Waals surface area contributed by atoms with Crippen LogP contribution in [0, 0.1) is 12.3 Å². The Kier molecular flexibility index (Phi) is 3.85. The van der Waals surface area contributed by atoms with E-state index in [4.69, 9.17) is 0 Å². The number of carbonyl (C=O) groups excluding carboxylic acids is 2. The van der Waals surface area contributed by atoms with Gasteiger partial charge in [0.1, 0.15) is 0 Å². The van der Waals surface area contributed by atoms with Crippen molar-refractivity contribution in [1.29, 1.82) is 0 Å². The van der Waals surface area contributed by atoms with Crippen molar-refractivity contribution in [3.63, 3.8) is 0 Å². The second-order valence-corrected chi connectivity index (χ2v) is 7.38. The normalized spacial score (nSPS) is 21.2. The van der Waals surface area contributed by atoms with Crippen molar-refractivity contribution in [3.8, 4) is 0 Å². The lowest BCUT2D eigenvalue weighted by molar-refractivity contribution is -0.128. The maximum atomic E-state index is 12.2. The molecule has 1 spiro atoms. The van der Waals surface area contributed by atoms with Crippen molar-refractivity contribution < 1.29 is 9.59 Å². The Morgan fingerprint density at radius 1 is 1.38 bits per heavy atom. The summed E-state index contributed by atoms with van der Waals surface area (Å²) in [5, 5.41) is 2.92. The second-order valence-electron chi connectivity index (χ2n) is 6.06. The number of likely N-dealkylation sites (tertiary alicyclic amines) is 1. The van der Waals surface area contributed by atoms with Gasteiger partial charge in [0.05, 0.1) is 0 Å². The number of nitrogens with zero attached hydrogens (tertiary/aromatic N) is 1. The van der Waals surface area contributed by atoms with Crippen molar-refractivity contribution in [3.05, 3.63) is 28.0 Å². The molecule has 2 amide bonds. The van der Waals surface area contributed by atoms with Crippen LogP contribution in [0.15, 0.2) is 18.2 Å². The minimum absolute atomic E-state index is 0.0770. The number of carbonyl (C=O) groups is 2. The van der Waals surface area contributed by atoms with Crippen LogP contribution in [0.2, 0.25) is 0 Å². The predicted octanol–water partition coefficient (Wildman–Crippen LogP) is 2.20. The second kappa shape index (κ2) is 5.64. The van der Waals surface area contributed by atoms with E-state index >= 15 is 0 Å². The number of nitrogens with one attached hydrogen (secondary N) is 1. The molecule has 0 saturated carbocycles. The highest BCUT2D eigenvalue weighted by atomic mass is 32.1. The molecule has 3 heterocycles. The van der Waals surface area contributed by atoms with Gasteiger partial charge >= 0.3 is 0 Å². The molecule has 0 bridgehead atoms. The zero-order chi connectivity index (χ0) is 14.9. The first-order valence-electron chi connectivity index (χ1n) is 7.37. The Morgan fingerprint density at radius 2 is 2.14 bits per heavy atom. The van der Waals surface area contributed by atoms with E-state index < -0.39 is 0 Å². The van der Waals surface area contributed by atoms with Gasteiger partial charge in [0, 0.05) is 41.9 Å². The number of rotatable bonds is 2. The van der Waals surface area contributed by atoms with E-state index in [0.717, 1.165) is 37.4 Å². The third-order valence-electron chi connectivity index (χ3n) is 4.48. The predicted molar refractivity (Wildman–Crippen MR) is 84.0 cm³/mol. The van der Waals surface area contributed by atoms with Gasteiger partial charge in [-0.1, -0.05) is 0 Å². The summed E-state index contributed by atoms with van der Waals surface area (Å²) < 4.78 is 0. The Morgan fingerprint density at radius 3 is 2.71 bits per heavy atom. The minimum atomic E-state index is 0.0770. The quantitative estimate of drug-likeness (QED) is 0.852. The molecule has 2 saturated heterocycles. The van der Waals surface area contributed by atoms with E-state index in [2.05, 4.69) is 18.3 Å². The minimum Gasteiger partial charge on any atom is -0.356 e. The number of aryl methyl sites for hydroxylation is 1. The molecule has 0 unspecified atom stereocenters. The molecule has 2 aliphatic rings. The summed E-state index contributed by atoms with van der Waals surface area (Å²) in [7, 11) is 0. The third kappa shape index (κ3) is 3.18. The molecular weight excluding hydrogens is 284 g/mol. The molecule has 2 fully saturated rings. The van der Waals surface area contributed by atoms with E-state index in [-0.39, 0.29) is 17.2 Å². The lowest BCUT2D eigenvalue weighted by Gasteiger charge is -2.37. The topological polar surface area (TPSA) is 49.4 Å². The van der Waals surface area contributed by atoms with Crippen LogP contribution in [0.1, 0.15) is 29.0 Å². The average Bonchev–Trinajstić information content (AvgIpc) is 3.04. The van der Waals surface area contributed by atoms with Crippen LogP contribution in [0.4, 0.5) is 0 Å². The monoisotopic (exact) mass is 304 g/mol. The van der Waals surface area contributed by atoms with E-state index in [1.807, 2.05) is 17.0 Å². The number of hydrogen-bond acceptors (Lipinski definition) is 3. The van der Waals surface area contributed by atoms with Crippen molar-refractivity contribution in [2.75, 3.05) is 19.6 Å². The molecule has 21 heavy (non-hydrogen) atoms. The highest BCUT2D eigenvalue weighted by Gasteiger charge is 2.41. The zero-order valence-electron chi connectivity index (χ0n) is 12.2. The highest BCUT2D eigenvalue weighted by Crippen LogP contribution is 2.37. The molecule has 1 aromatic heterocycles. The van der Waals surface area contributed by atoms with Crippen LogP contribution in [-0.4, -0.2) is 36.3 Å². The molecule has 0 aromatic carbocycles. The summed E-state index contributed by atoms with van der Waals surface area (Å²) in [6.45, 7) is 4.34. The fraction of sp³-hybridized carbons (Fsp3) is 0.500. The third-order valence-corrected chi connectivity index (χ3v) is 5.45. The fourth-order valence-electron chi connectivity index (χ4n) is 3.11. The number of amides is 2. The zero-order valence-corrected chi connectivity index (χ0v) is 13.0. The summed E-state index contributed by atoms with van der Waals surface area (Å²) >= 11 is 1.69. The summed E-state index contributed by atoms with van der Waals surface area (Å²) in [6.07, 6.45) is 6.03. The largest absolute Gasteiger partial charge is 0.356 e. The van der Waals surface area contributed by atoms with E-state index in [9.17, 15) is 9.59 Å². The van der Waals surface area contributed by atoms with E-state index in [0.29, 0.717) is 6.42 Å². The first-order valence-corrected chi connectivity index (χ1v) is 8.18. The van der Waals surface area contributed by atoms with Crippen LogP contribution in [0.25, 0.3) is 6.08 Å². The number of hydrogen-bond donors (Lipinski definition) is 1. The Bertz CT molecular complexity index is 583. The molecule has 5 heteroatoms. The van der Waals surface area contributed by atoms with E-state index in [1.54, 1.807) is 17.4 Å². The van der Waals surface area contributed by atoms with Crippen LogP contribution >= 0.6 is 11.3 Å². The van der Waals surface area contributed by atoms with Crippen molar-refractivity contribution >= 4 is 29.2 Å². The van der Waals surface area contributed by atoms with Gasteiger partial charge in [-0.25, -0.2) is 0 Å². The van der Waals surface area contributed by atoms with Crippen LogP contribution < -0.4 is 5.32 Å². The Hall–Kier alpha value is -1.62. The molecule has 0 aliphatic carbocycles.